The summed E-state index contributed by atoms with van der Waals surface area (Å²) in [5.41, 5.74) is 0. The lowest BCUT2D eigenvalue weighted by Crippen LogP contribution is -1.84. The largest absolute Gasteiger partial charge is 0.193 e. The summed E-state index contributed by atoms with van der Waals surface area (Å²) >= 11 is 0. The van der Waals surface area contributed by atoms with E-state index in [9.17, 15) is 0 Å². The van der Waals surface area contributed by atoms with Crippen molar-refractivity contribution in [1.82, 2.24) is 4.86 Å². The van der Waals surface area contributed by atoms with E-state index in [1.54, 1.807) is 0 Å². The smallest absolute Gasteiger partial charge is 0.0198 e. The summed E-state index contributed by atoms with van der Waals surface area (Å²) in [4.78, 5) is 4.41. The van der Waals surface area contributed by atoms with E-state index in [1.165, 1.54) is 0 Å². The van der Waals surface area contributed by atoms with Crippen LogP contribution in [0.3, 0.4) is 0 Å². The minimum Gasteiger partial charge on any atom is -0.193 e. The molecule has 0 aromatic carbocycles. The molecule has 0 aromatic rings. The Labute approximate surface area is 48.5 Å². The van der Waals surface area contributed by atoms with Gasteiger partial charge in [-0.2, -0.15) is 4.86 Å². The van der Waals surface area contributed by atoms with Crippen LogP contribution < -0.4 is 4.86 Å². The van der Waals surface area contributed by atoms with E-state index in [2.05, 4.69) is 31.5 Å². The van der Waals surface area contributed by atoms with Gasteiger partial charge < -0.3 is 0 Å². The molecular formula is C4H12NP2. The standard InChI is InChI=1S/C4H12NP2/c1-6(2)5-7(3)4/h1-4H3. The van der Waals surface area contributed by atoms with Crippen LogP contribution in [0.4, 0.5) is 0 Å². The van der Waals surface area contributed by atoms with E-state index in [0.717, 1.165) is 0 Å². The third kappa shape index (κ3) is 6.82. The van der Waals surface area contributed by atoms with Gasteiger partial charge in [-0.25, -0.2) is 0 Å². The fourth-order valence-electron chi connectivity index (χ4n) is 0.358. The Morgan fingerprint density at radius 3 is 1.14 bits per heavy atom. The molecule has 0 aliphatic carbocycles. The van der Waals surface area contributed by atoms with Crippen molar-refractivity contribution in [2.45, 2.75) is 0 Å². The maximum Gasteiger partial charge on any atom is -0.0198 e. The van der Waals surface area contributed by atoms with E-state index in [0.29, 0.717) is 0 Å². The number of nitrogens with zero attached hydrogens (tertiary/aromatic N) is 1. The summed E-state index contributed by atoms with van der Waals surface area (Å²) in [6, 6.07) is 0. The minimum atomic E-state index is 0.0139. The van der Waals surface area contributed by atoms with E-state index in [1.807, 2.05) is 0 Å². The zero-order valence-electron chi connectivity index (χ0n) is 5.34. The van der Waals surface area contributed by atoms with Crippen molar-refractivity contribution in [1.29, 1.82) is 0 Å². The van der Waals surface area contributed by atoms with Crippen molar-refractivity contribution >= 4 is 16.1 Å². The van der Waals surface area contributed by atoms with E-state index in [-0.39, 0.29) is 16.1 Å². The summed E-state index contributed by atoms with van der Waals surface area (Å²) < 4.78 is 0. The molecule has 3 heteroatoms. The monoisotopic (exact) mass is 136 g/mol. The Morgan fingerprint density at radius 1 is 0.857 bits per heavy atom. The topological polar surface area (TPSA) is 14.1 Å². The lowest BCUT2D eigenvalue weighted by Gasteiger charge is -2.07. The van der Waals surface area contributed by atoms with Crippen molar-refractivity contribution in [3.63, 3.8) is 0 Å². The lowest BCUT2D eigenvalue weighted by atomic mass is 11.9. The first-order valence-corrected chi connectivity index (χ1v) is 6.57. The SMILES string of the molecule is CP(C)[N]P(C)C. The van der Waals surface area contributed by atoms with Gasteiger partial charge in [-0.15, -0.1) is 0 Å². The van der Waals surface area contributed by atoms with Crippen molar-refractivity contribution in [2.24, 2.45) is 0 Å². The Morgan fingerprint density at radius 2 is 1.14 bits per heavy atom. The second kappa shape index (κ2) is 3.78. The Kier molecular flexibility index (Phi) is 4.22. The molecule has 7 heavy (non-hydrogen) atoms. The Hall–Kier alpha value is 0.820. The molecule has 0 atom stereocenters. The quantitative estimate of drug-likeness (QED) is 0.515. The van der Waals surface area contributed by atoms with Gasteiger partial charge in [0.15, 0.2) is 0 Å². The Balaban J connectivity index is 2.95. The van der Waals surface area contributed by atoms with E-state index >= 15 is 0 Å². The molecule has 0 amide bonds. The van der Waals surface area contributed by atoms with Gasteiger partial charge in [-0.1, -0.05) is 0 Å². The zero-order valence-corrected chi connectivity index (χ0v) is 7.13. The molecule has 0 fully saturated rings. The molecule has 43 valence electrons. The van der Waals surface area contributed by atoms with Gasteiger partial charge in [-0.05, 0) is 42.8 Å². The predicted octanol–water partition coefficient (Wildman–Crippen LogP) is 1.90. The second-order valence-corrected chi connectivity index (χ2v) is 5.89. The molecule has 0 aromatic heterocycles. The first kappa shape index (κ1) is 7.82. The highest BCUT2D eigenvalue weighted by atomic mass is 31.2. The fourth-order valence-corrected chi connectivity index (χ4v) is 3.22. The highest BCUT2D eigenvalue weighted by Gasteiger charge is 1.94. The molecule has 0 N–H and O–H groups in total. The molecular weight excluding hydrogens is 124 g/mol. The lowest BCUT2D eigenvalue weighted by molar-refractivity contribution is 1.58. The van der Waals surface area contributed by atoms with Gasteiger partial charge in [0.05, 0.1) is 0 Å². The molecule has 0 aliphatic heterocycles. The minimum absolute atomic E-state index is 0.0139. The van der Waals surface area contributed by atoms with Gasteiger partial charge in [-0.3, -0.25) is 0 Å². The molecule has 0 heterocycles. The molecule has 1 nitrogen and oxygen atoms in total. The number of hydrogen-bond acceptors (Lipinski definition) is 0. The van der Waals surface area contributed by atoms with Gasteiger partial charge in [0.2, 0.25) is 0 Å². The van der Waals surface area contributed by atoms with Crippen LogP contribution in [0.25, 0.3) is 0 Å². The van der Waals surface area contributed by atoms with Crippen LogP contribution in [-0.2, 0) is 0 Å². The Bertz CT molecular complexity index is 39.0. The van der Waals surface area contributed by atoms with Crippen LogP contribution in [0.1, 0.15) is 0 Å². The van der Waals surface area contributed by atoms with Crippen LogP contribution in [0, 0.1) is 0 Å². The maximum atomic E-state index is 4.41. The number of rotatable bonds is 2. The molecule has 0 spiro atoms. The summed E-state index contributed by atoms with van der Waals surface area (Å²) in [6.07, 6.45) is 0. The van der Waals surface area contributed by atoms with Crippen molar-refractivity contribution in [2.75, 3.05) is 26.7 Å². The summed E-state index contributed by atoms with van der Waals surface area (Å²) in [5, 5.41) is 0. The molecule has 1 radical (unpaired) electrons. The molecule has 0 saturated heterocycles. The average Bonchev–Trinajstić information content (AvgIpc) is 1.27. The van der Waals surface area contributed by atoms with Gasteiger partial charge in [0, 0.05) is 0 Å². The molecule has 0 saturated carbocycles. The van der Waals surface area contributed by atoms with E-state index in [4.69, 9.17) is 0 Å². The first-order valence-electron chi connectivity index (χ1n) is 2.19. The van der Waals surface area contributed by atoms with Gasteiger partial charge in [0.1, 0.15) is 0 Å². The van der Waals surface area contributed by atoms with E-state index < -0.39 is 0 Å². The highest BCUT2D eigenvalue weighted by Crippen LogP contribution is 2.35. The van der Waals surface area contributed by atoms with Crippen molar-refractivity contribution < 1.29 is 0 Å². The molecule has 0 aliphatic rings. The first-order chi connectivity index (χ1) is 3.13. The van der Waals surface area contributed by atoms with Gasteiger partial charge in [0.25, 0.3) is 0 Å². The highest BCUT2D eigenvalue weighted by molar-refractivity contribution is 7.69. The normalized spacial score (nSPS) is 11.1. The van der Waals surface area contributed by atoms with Crippen LogP contribution in [0.5, 0.6) is 0 Å². The summed E-state index contributed by atoms with van der Waals surface area (Å²) in [7, 11) is 0.0278. The van der Waals surface area contributed by atoms with Crippen molar-refractivity contribution in [3.8, 4) is 0 Å². The van der Waals surface area contributed by atoms with Crippen molar-refractivity contribution in [3.05, 3.63) is 0 Å². The molecule has 0 rings (SSSR count). The number of hydrogen-bond donors (Lipinski definition) is 0. The third-order valence-electron chi connectivity index (χ3n) is 0.358. The second-order valence-electron chi connectivity index (χ2n) is 1.78. The van der Waals surface area contributed by atoms with Crippen LogP contribution in [0.2, 0.25) is 0 Å². The zero-order chi connectivity index (χ0) is 5.86. The van der Waals surface area contributed by atoms with Crippen LogP contribution in [0.15, 0.2) is 0 Å². The molecule has 0 bridgehead atoms. The average molecular weight is 136 g/mol. The third-order valence-corrected chi connectivity index (χ3v) is 3.22. The molecule has 0 unspecified atom stereocenters. The summed E-state index contributed by atoms with van der Waals surface area (Å²) in [6.45, 7) is 8.71. The summed E-state index contributed by atoms with van der Waals surface area (Å²) in [5.74, 6) is 0. The van der Waals surface area contributed by atoms with Crippen LogP contribution >= 0.6 is 16.1 Å². The maximum absolute atomic E-state index is 4.41. The van der Waals surface area contributed by atoms with Crippen LogP contribution in [-0.4, -0.2) is 26.7 Å². The predicted molar refractivity (Wildman–Crippen MR) is 39.7 cm³/mol. The van der Waals surface area contributed by atoms with Gasteiger partial charge >= 0.3 is 0 Å². The fraction of sp³-hybridized carbons (Fsp3) is 1.00.